The fourth-order valence-electron chi connectivity index (χ4n) is 4.95. The quantitative estimate of drug-likeness (QED) is 0.352. The van der Waals surface area contributed by atoms with E-state index >= 15 is 4.39 Å². The molecule has 0 bridgehead atoms. The number of nitrogens with one attached hydrogen (secondary N) is 1. The van der Waals surface area contributed by atoms with Crippen molar-refractivity contribution in [2.24, 2.45) is 0 Å². The highest BCUT2D eigenvalue weighted by Crippen LogP contribution is 2.48. The van der Waals surface area contributed by atoms with E-state index in [0.29, 0.717) is 16.3 Å². The minimum absolute atomic E-state index is 0.0220. The topological polar surface area (TPSA) is 116 Å². The van der Waals surface area contributed by atoms with Crippen LogP contribution in [0, 0.1) is 5.82 Å². The number of aromatic nitrogens is 1. The van der Waals surface area contributed by atoms with Gasteiger partial charge in [0.2, 0.25) is 5.43 Å². The molecule has 4 N–H and O–H groups in total. The number of anilines is 2. The fraction of sp³-hybridized carbons (Fsp3) is 0.333. The van der Waals surface area contributed by atoms with Crippen molar-refractivity contribution in [1.82, 2.24) is 4.57 Å². The molecule has 8 nitrogen and oxygen atoms in total. The van der Waals surface area contributed by atoms with Crippen molar-refractivity contribution < 1.29 is 23.8 Å². The van der Waals surface area contributed by atoms with Gasteiger partial charge in [-0.15, -0.1) is 0 Å². The molecule has 1 saturated carbocycles. The molecule has 2 aliphatic rings. The highest BCUT2D eigenvalue weighted by Gasteiger charge is 2.43. The lowest BCUT2D eigenvalue weighted by Crippen LogP contribution is -2.42. The number of benzene rings is 2. The third kappa shape index (κ3) is 3.51. The van der Waals surface area contributed by atoms with E-state index in [4.69, 9.17) is 26.8 Å². The van der Waals surface area contributed by atoms with Crippen LogP contribution >= 0.6 is 11.6 Å². The first-order valence-corrected chi connectivity index (χ1v) is 11.4. The minimum Gasteiger partial charge on any atom is -0.492 e. The summed E-state index contributed by atoms with van der Waals surface area (Å²) in [6.45, 7) is 0.687. The molecule has 0 atom stereocenters. The van der Waals surface area contributed by atoms with Crippen LogP contribution in [-0.2, 0) is 5.54 Å². The smallest absolute Gasteiger partial charge is 0.341 e. The Hall–Kier alpha value is -3.46. The number of halogens is 2. The number of carboxylic acids is 1. The Kier molecular flexibility index (Phi) is 5.51. The summed E-state index contributed by atoms with van der Waals surface area (Å²) in [5.41, 5.74) is 4.26. The van der Waals surface area contributed by atoms with Crippen LogP contribution in [0.4, 0.5) is 15.8 Å². The van der Waals surface area contributed by atoms with Gasteiger partial charge in [0.25, 0.3) is 0 Å². The van der Waals surface area contributed by atoms with Gasteiger partial charge in [0.05, 0.1) is 22.1 Å². The van der Waals surface area contributed by atoms with Crippen molar-refractivity contribution in [2.75, 3.05) is 30.8 Å². The second-order valence-electron chi connectivity index (χ2n) is 8.65. The van der Waals surface area contributed by atoms with E-state index in [2.05, 4.69) is 5.32 Å². The first-order valence-electron chi connectivity index (χ1n) is 11.0. The lowest BCUT2D eigenvalue weighted by atomic mass is 9.93. The molecule has 2 aromatic carbocycles. The standard InChI is InChI=1S/C24H23ClFN3O5/c25-13-3-5-14(6-4-13)33-10-9-28-19-17(26)18(27)16-20-22(19)34-12-24(7-1-2-8-24)29(20)11-15(21(16)30)23(31)32/h3-6,11,28H,1-2,7-10,12,27H2,(H,31,32). The van der Waals surface area contributed by atoms with Crippen LogP contribution in [0.3, 0.4) is 0 Å². The molecule has 0 amide bonds. The Labute approximate surface area is 199 Å². The predicted octanol–water partition coefficient (Wildman–Crippen LogP) is 4.23. The van der Waals surface area contributed by atoms with Gasteiger partial charge in [-0.2, -0.15) is 0 Å². The van der Waals surface area contributed by atoms with Crippen LogP contribution in [0.2, 0.25) is 5.02 Å². The maximum atomic E-state index is 15.4. The Morgan fingerprint density at radius 1 is 1.29 bits per heavy atom. The van der Waals surface area contributed by atoms with Crippen molar-refractivity contribution >= 4 is 39.8 Å². The lowest BCUT2D eigenvalue weighted by Gasteiger charge is -2.39. The van der Waals surface area contributed by atoms with Crippen LogP contribution in [-0.4, -0.2) is 35.4 Å². The monoisotopic (exact) mass is 487 g/mol. The van der Waals surface area contributed by atoms with Crippen LogP contribution in [0.25, 0.3) is 10.9 Å². The van der Waals surface area contributed by atoms with E-state index in [9.17, 15) is 14.7 Å². The van der Waals surface area contributed by atoms with Gasteiger partial charge in [0, 0.05) is 17.8 Å². The van der Waals surface area contributed by atoms with Gasteiger partial charge < -0.3 is 30.2 Å². The summed E-state index contributed by atoms with van der Waals surface area (Å²) in [4.78, 5) is 24.8. The van der Waals surface area contributed by atoms with Crippen molar-refractivity contribution in [1.29, 1.82) is 0 Å². The number of nitrogen functional groups attached to an aromatic ring is 1. The van der Waals surface area contributed by atoms with Crippen molar-refractivity contribution in [3.63, 3.8) is 0 Å². The van der Waals surface area contributed by atoms with Gasteiger partial charge in [-0.1, -0.05) is 24.4 Å². The molecule has 3 aromatic rings. The summed E-state index contributed by atoms with van der Waals surface area (Å²) in [6, 6.07) is 6.86. The zero-order valence-corrected chi connectivity index (χ0v) is 19.0. The number of carbonyl (C=O) groups is 1. The third-order valence-electron chi connectivity index (χ3n) is 6.62. The molecule has 1 aliphatic heterocycles. The normalized spacial score (nSPS) is 15.9. The average Bonchev–Trinajstić information content (AvgIpc) is 3.28. The maximum Gasteiger partial charge on any atom is 0.341 e. The number of carboxylic acid groups (broad SMARTS) is 1. The van der Waals surface area contributed by atoms with Gasteiger partial charge >= 0.3 is 5.97 Å². The number of hydrogen-bond donors (Lipinski definition) is 3. The molecule has 2 heterocycles. The number of nitrogens with two attached hydrogens (primary N) is 1. The Morgan fingerprint density at radius 2 is 2.00 bits per heavy atom. The molecule has 1 aromatic heterocycles. The number of pyridine rings is 1. The molecule has 0 unspecified atom stereocenters. The molecule has 178 valence electrons. The Bertz CT molecular complexity index is 1350. The summed E-state index contributed by atoms with van der Waals surface area (Å²) in [7, 11) is 0. The largest absolute Gasteiger partial charge is 0.492 e. The van der Waals surface area contributed by atoms with Crippen molar-refractivity contribution in [3.05, 3.63) is 57.1 Å². The van der Waals surface area contributed by atoms with Crippen molar-refractivity contribution in [3.8, 4) is 11.5 Å². The van der Waals surface area contributed by atoms with Gasteiger partial charge in [-0.05, 0) is 37.1 Å². The third-order valence-corrected chi connectivity index (χ3v) is 6.87. The number of ether oxygens (including phenoxy) is 2. The number of rotatable bonds is 6. The Balaban J connectivity index is 1.57. The van der Waals surface area contributed by atoms with Gasteiger partial charge in [-0.3, -0.25) is 4.79 Å². The van der Waals surface area contributed by atoms with Gasteiger partial charge in [0.15, 0.2) is 11.6 Å². The molecule has 34 heavy (non-hydrogen) atoms. The highest BCUT2D eigenvalue weighted by molar-refractivity contribution is 6.30. The van der Waals surface area contributed by atoms with E-state index in [-0.39, 0.29) is 36.6 Å². The second kappa shape index (κ2) is 8.39. The predicted molar refractivity (Wildman–Crippen MR) is 127 cm³/mol. The zero-order valence-electron chi connectivity index (χ0n) is 18.2. The zero-order chi connectivity index (χ0) is 24.0. The SMILES string of the molecule is Nc1c(F)c(NCCOc2ccc(Cl)cc2)c2c3c1c(=O)c(C(=O)O)cn3C1(CCCC1)CO2. The molecule has 0 saturated heterocycles. The van der Waals surface area contributed by atoms with E-state index in [1.165, 1.54) is 6.20 Å². The van der Waals surface area contributed by atoms with E-state index in [1.54, 1.807) is 28.8 Å². The molecule has 0 radical (unpaired) electrons. The average molecular weight is 488 g/mol. The molecule has 5 rings (SSSR count). The molecular formula is C24H23ClFN3O5. The number of nitrogens with zero attached hydrogens (tertiary/aromatic N) is 1. The molecule has 10 heteroatoms. The first-order chi connectivity index (χ1) is 16.3. The van der Waals surface area contributed by atoms with Crippen LogP contribution in [0.1, 0.15) is 36.0 Å². The summed E-state index contributed by atoms with van der Waals surface area (Å²) in [5, 5.41) is 13.0. The highest BCUT2D eigenvalue weighted by atomic mass is 35.5. The molecular weight excluding hydrogens is 465 g/mol. The number of fused-ring (bicyclic) bond motifs is 1. The molecule has 1 aliphatic carbocycles. The summed E-state index contributed by atoms with van der Waals surface area (Å²) in [5.74, 6) is -1.47. The lowest BCUT2D eigenvalue weighted by molar-refractivity contribution is 0.0692. The van der Waals surface area contributed by atoms with E-state index < -0.39 is 34.0 Å². The fourth-order valence-corrected chi connectivity index (χ4v) is 5.07. The van der Waals surface area contributed by atoms with E-state index in [0.717, 1.165) is 25.7 Å². The van der Waals surface area contributed by atoms with Gasteiger partial charge in [0.1, 0.15) is 30.2 Å². The molecule has 1 spiro atoms. The van der Waals surface area contributed by atoms with Crippen LogP contribution < -0.4 is 26.0 Å². The molecule has 1 fully saturated rings. The van der Waals surface area contributed by atoms with Gasteiger partial charge in [-0.25, -0.2) is 9.18 Å². The van der Waals surface area contributed by atoms with Crippen LogP contribution in [0.15, 0.2) is 35.3 Å². The number of hydrogen-bond acceptors (Lipinski definition) is 6. The van der Waals surface area contributed by atoms with Crippen LogP contribution in [0.5, 0.6) is 11.5 Å². The number of aromatic carboxylic acids is 1. The maximum absolute atomic E-state index is 15.4. The second-order valence-corrected chi connectivity index (χ2v) is 9.09. The minimum atomic E-state index is -1.38. The summed E-state index contributed by atoms with van der Waals surface area (Å²) >= 11 is 5.88. The van der Waals surface area contributed by atoms with E-state index in [1.807, 2.05) is 0 Å². The van der Waals surface area contributed by atoms with Crippen molar-refractivity contribution in [2.45, 2.75) is 31.2 Å². The summed E-state index contributed by atoms with van der Waals surface area (Å²) in [6.07, 6.45) is 4.77. The Morgan fingerprint density at radius 3 is 2.68 bits per heavy atom. The summed E-state index contributed by atoms with van der Waals surface area (Å²) < 4.78 is 28.9. The first kappa shape index (κ1) is 22.3.